The molecule has 0 aromatic heterocycles. The molecule has 0 heterocycles. The Balaban J connectivity index is 0.00000361. The highest BCUT2D eigenvalue weighted by Gasteiger charge is 2.13. The van der Waals surface area contributed by atoms with E-state index in [-0.39, 0.29) is 24.2 Å². The van der Waals surface area contributed by atoms with Crippen molar-refractivity contribution in [3.8, 4) is 0 Å². The number of para-hydroxylation sites is 1. The molecule has 0 spiro atoms. The summed E-state index contributed by atoms with van der Waals surface area (Å²) in [7, 11) is 0. The highest BCUT2D eigenvalue weighted by Crippen LogP contribution is 2.27. The fraction of sp³-hybridized carbons (Fsp3) is 0.385. The molecule has 5 nitrogen and oxygen atoms in total. The molecule has 0 aliphatic carbocycles. The highest BCUT2D eigenvalue weighted by atomic mass is 35.5. The van der Waals surface area contributed by atoms with Gasteiger partial charge in [0.05, 0.1) is 11.7 Å². The SMILES string of the molecule is CC[C@H](N)C(=O)Nc1ccccc1SCCC(N)=O.Cl. The Bertz CT molecular complexity index is 457. The Hall–Kier alpha value is -1.24. The van der Waals surface area contributed by atoms with Gasteiger partial charge in [0.1, 0.15) is 0 Å². The van der Waals surface area contributed by atoms with Crippen LogP contribution in [-0.2, 0) is 9.59 Å². The van der Waals surface area contributed by atoms with Crippen LogP contribution < -0.4 is 16.8 Å². The van der Waals surface area contributed by atoms with Crippen LogP contribution in [0.2, 0.25) is 0 Å². The van der Waals surface area contributed by atoms with E-state index in [4.69, 9.17) is 11.5 Å². The third-order valence-corrected chi connectivity index (χ3v) is 3.60. The van der Waals surface area contributed by atoms with Gasteiger partial charge in [0.25, 0.3) is 0 Å². The molecule has 2 amide bonds. The van der Waals surface area contributed by atoms with Crippen LogP contribution in [0.5, 0.6) is 0 Å². The van der Waals surface area contributed by atoms with Crippen LogP contribution in [0.3, 0.4) is 0 Å². The number of primary amides is 1. The van der Waals surface area contributed by atoms with Gasteiger partial charge in [-0.3, -0.25) is 9.59 Å². The van der Waals surface area contributed by atoms with Gasteiger partial charge in [-0.1, -0.05) is 19.1 Å². The van der Waals surface area contributed by atoms with Crippen LogP contribution >= 0.6 is 24.2 Å². The lowest BCUT2D eigenvalue weighted by atomic mass is 10.2. The Morgan fingerprint density at radius 2 is 2.00 bits per heavy atom. The molecule has 7 heteroatoms. The first kappa shape index (κ1) is 18.8. The average Bonchev–Trinajstić information content (AvgIpc) is 2.39. The number of carbonyl (C=O) groups is 2. The number of anilines is 1. The van der Waals surface area contributed by atoms with E-state index in [2.05, 4.69) is 5.32 Å². The average molecular weight is 318 g/mol. The fourth-order valence-electron chi connectivity index (χ4n) is 1.37. The number of benzene rings is 1. The topological polar surface area (TPSA) is 98.2 Å². The van der Waals surface area contributed by atoms with Crippen molar-refractivity contribution in [1.82, 2.24) is 0 Å². The van der Waals surface area contributed by atoms with Gasteiger partial charge in [0.15, 0.2) is 0 Å². The zero-order chi connectivity index (χ0) is 14.3. The summed E-state index contributed by atoms with van der Waals surface area (Å²) in [5.41, 5.74) is 11.5. The molecule has 0 unspecified atom stereocenters. The molecule has 112 valence electrons. The van der Waals surface area contributed by atoms with Crippen molar-refractivity contribution < 1.29 is 9.59 Å². The normalized spacial score (nSPS) is 11.3. The van der Waals surface area contributed by atoms with E-state index < -0.39 is 6.04 Å². The van der Waals surface area contributed by atoms with Crippen molar-refractivity contribution in [1.29, 1.82) is 0 Å². The Kier molecular flexibility index (Phi) is 9.03. The lowest BCUT2D eigenvalue weighted by Crippen LogP contribution is -2.34. The molecule has 1 rings (SSSR count). The Morgan fingerprint density at radius 1 is 1.35 bits per heavy atom. The summed E-state index contributed by atoms with van der Waals surface area (Å²) in [4.78, 5) is 23.4. The van der Waals surface area contributed by atoms with Crippen molar-refractivity contribution in [2.45, 2.75) is 30.7 Å². The van der Waals surface area contributed by atoms with Gasteiger partial charge >= 0.3 is 0 Å². The van der Waals surface area contributed by atoms with E-state index in [1.807, 2.05) is 31.2 Å². The van der Waals surface area contributed by atoms with E-state index in [0.29, 0.717) is 24.3 Å². The Morgan fingerprint density at radius 3 is 2.60 bits per heavy atom. The number of carbonyl (C=O) groups excluding carboxylic acids is 2. The number of nitrogens with one attached hydrogen (secondary N) is 1. The van der Waals surface area contributed by atoms with Crippen molar-refractivity contribution in [2.24, 2.45) is 11.5 Å². The molecule has 0 aliphatic rings. The summed E-state index contributed by atoms with van der Waals surface area (Å²) in [6.45, 7) is 1.86. The maximum Gasteiger partial charge on any atom is 0.241 e. The van der Waals surface area contributed by atoms with Crippen LogP contribution in [0, 0.1) is 0 Å². The van der Waals surface area contributed by atoms with Gasteiger partial charge in [-0.05, 0) is 18.6 Å². The molecule has 0 aliphatic heterocycles. The van der Waals surface area contributed by atoms with Crippen LogP contribution in [0.4, 0.5) is 5.69 Å². The molecule has 0 bridgehead atoms. The summed E-state index contributed by atoms with van der Waals surface area (Å²) in [5, 5.41) is 2.80. The van der Waals surface area contributed by atoms with Crippen LogP contribution in [0.1, 0.15) is 19.8 Å². The third kappa shape index (κ3) is 6.27. The van der Waals surface area contributed by atoms with Crippen LogP contribution in [-0.4, -0.2) is 23.6 Å². The molecule has 20 heavy (non-hydrogen) atoms. The van der Waals surface area contributed by atoms with E-state index in [1.54, 1.807) is 0 Å². The second-order valence-corrected chi connectivity index (χ2v) is 5.20. The standard InChI is InChI=1S/C13H19N3O2S.ClH/c1-2-9(14)13(18)16-10-5-3-4-6-11(10)19-8-7-12(15)17;/h3-6,9H,2,7-8,14H2,1H3,(H2,15,17)(H,16,18);1H/t9-;/m0./s1. The predicted octanol–water partition coefficient (Wildman–Crippen LogP) is 1.75. The molecule has 0 saturated heterocycles. The third-order valence-electron chi connectivity index (χ3n) is 2.53. The molecular weight excluding hydrogens is 298 g/mol. The van der Waals surface area contributed by atoms with Gasteiger partial charge < -0.3 is 16.8 Å². The molecular formula is C13H20ClN3O2S. The predicted molar refractivity (Wildman–Crippen MR) is 85.1 cm³/mol. The van der Waals surface area contributed by atoms with Crippen molar-refractivity contribution in [2.75, 3.05) is 11.1 Å². The van der Waals surface area contributed by atoms with Gasteiger partial charge in [0.2, 0.25) is 11.8 Å². The smallest absolute Gasteiger partial charge is 0.241 e. The minimum absolute atomic E-state index is 0. The number of hydrogen-bond acceptors (Lipinski definition) is 4. The first-order valence-electron chi connectivity index (χ1n) is 6.11. The summed E-state index contributed by atoms with van der Waals surface area (Å²) in [5.74, 6) is 0.0506. The molecule has 1 aromatic carbocycles. The van der Waals surface area contributed by atoms with Crippen molar-refractivity contribution >= 4 is 41.7 Å². The van der Waals surface area contributed by atoms with Crippen molar-refractivity contribution in [3.63, 3.8) is 0 Å². The van der Waals surface area contributed by atoms with Crippen molar-refractivity contribution in [3.05, 3.63) is 24.3 Å². The molecule has 1 aromatic rings. The number of amides is 2. The molecule has 0 radical (unpaired) electrons. The molecule has 5 N–H and O–H groups in total. The molecule has 0 fully saturated rings. The van der Waals surface area contributed by atoms with Crippen LogP contribution in [0.25, 0.3) is 0 Å². The first-order chi connectivity index (χ1) is 9.04. The van der Waals surface area contributed by atoms with Gasteiger partial charge in [-0.2, -0.15) is 0 Å². The lowest BCUT2D eigenvalue weighted by Gasteiger charge is -2.13. The summed E-state index contributed by atoms with van der Waals surface area (Å²) < 4.78 is 0. The van der Waals surface area contributed by atoms with E-state index in [0.717, 1.165) is 4.90 Å². The minimum atomic E-state index is -0.510. The number of rotatable bonds is 7. The largest absolute Gasteiger partial charge is 0.370 e. The van der Waals surface area contributed by atoms with Gasteiger partial charge in [0, 0.05) is 17.1 Å². The zero-order valence-corrected chi connectivity index (χ0v) is 12.9. The maximum atomic E-state index is 11.8. The van der Waals surface area contributed by atoms with Gasteiger partial charge in [-0.15, -0.1) is 24.2 Å². The zero-order valence-electron chi connectivity index (χ0n) is 11.3. The van der Waals surface area contributed by atoms with Crippen LogP contribution in [0.15, 0.2) is 29.2 Å². The summed E-state index contributed by atoms with van der Waals surface area (Å²) in [6.07, 6.45) is 0.893. The number of thioether (sulfide) groups is 1. The van der Waals surface area contributed by atoms with E-state index >= 15 is 0 Å². The summed E-state index contributed by atoms with van der Waals surface area (Å²) >= 11 is 1.48. The summed E-state index contributed by atoms with van der Waals surface area (Å²) in [6, 6.07) is 6.91. The lowest BCUT2D eigenvalue weighted by molar-refractivity contribution is -0.118. The quantitative estimate of drug-likeness (QED) is 0.667. The first-order valence-corrected chi connectivity index (χ1v) is 7.09. The Labute approximate surface area is 129 Å². The minimum Gasteiger partial charge on any atom is -0.370 e. The number of halogens is 1. The second-order valence-electron chi connectivity index (χ2n) is 4.06. The van der Waals surface area contributed by atoms with E-state index in [9.17, 15) is 9.59 Å². The highest BCUT2D eigenvalue weighted by molar-refractivity contribution is 7.99. The molecule has 0 saturated carbocycles. The fourth-order valence-corrected chi connectivity index (χ4v) is 2.34. The monoisotopic (exact) mass is 317 g/mol. The number of hydrogen-bond donors (Lipinski definition) is 3. The van der Waals surface area contributed by atoms with E-state index in [1.165, 1.54) is 11.8 Å². The maximum absolute atomic E-state index is 11.8. The molecule has 1 atom stereocenters. The van der Waals surface area contributed by atoms with Gasteiger partial charge in [-0.25, -0.2) is 0 Å². The second kappa shape index (κ2) is 9.63. The number of nitrogens with two attached hydrogens (primary N) is 2.